The van der Waals surface area contributed by atoms with Gasteiger partial charge in [0.25, 0.3) is 0 Å². The van der Waals surface area contributed by atoms with E-state index in [2.05, 4.69) is 5.32 Å². The number of Topliss-reactive ketones (excluding diaryl/α,β-unsaturated/α-hetero) is 2. The van der Waals surface area contributed by atoms with Gasteiger partial charge in [0.1, 0.15) is 11.6 Å². The van der Waals surface area contributed by atoms with Crippen LogP contribution in [0.3, 0.4) is 0 Å². The highest BCUT2D eigenvalue weighted by Crippen LogP contribution is 2.26. The highest BCUT2D eigenvalue weighted by atomic mass is 16.2. The minimum atomic E-state index is -0.585. The number of nitrogens with two attached hydrogens (primary N) is 2. The van der Waals surface area contributed by atoms with Crippen molar-refractivity contribution in [2.45, 2.75) is 66.3 Å². The van der Waals surface area contributed by atoms with E-state index in [1.807, 2.05) is 34.6 Å². The van der Waals surface area contributed by atoms with E-state index in [1.165, 1.54) is 0 Å². The Labute approximate surface area is 139 Å². The van der Waals surface area contributed by atoms with E-state index in [0.717, 1.165) is 0 Å². The van der Waals surface area contributed by atoms with Crippen LogP contribution in [0, 0.1) is 17.3 Å². The minimum Gasteiger partial charge on any atom is -0.352 e. The number of nitrogens with one attached hydrogen (secondary N) is 1. The van der Waals surface area contributed by atoms with E-state index >= 15 is 0 Å². The number of hydrogen-bond acceptors (Lipinski definition) is 4. The van der Waals surface area contributed by atoms with Crippen LogP contribution >= 0.6 is 0 Å². The van der Waals surface area contributed by atoms with E-state index in [4.69, 9.17) is 11.5 Å². The zero-order chi connectivity index (χ0) is 18.2. The van der Waals surface area contributed by atoms with E-state index in [-0.39, 0.29) is 23.9 Å². The third-order valence-corrected chi connectivity index (χ3v) is 3.73. The maximum Gasteiger partial charge on any atom is 0.312 e. The average molecular weight is 327 g/mol. The van der Waals surface area contributed by atoms with Gasteiger partial charge in [0.05, 0.1) is 6.04 Å². The highest BCUT2D eigenvalue weighted by molar-refractivity contribution is 5.92. The van der Waals surface area contributed by atoms with Crippen molar-refractivity contribution in [1.29, 1.82) is 0 Å². The molecular weight excluding hydrogens is 294 g/mol. The molecule has 2 unspecified atom stereocenters. The summed E-state index contributed by atoms with van der Waals surface area (Å²) in [5.41, 5.74) is 10.4. The summed E-state index contributed by atoms with van der Waals surface area (Å²) in [6.45, 7) is 9.98. The largest absolute Gasteiger partial charge is 0.352 e. The minimum absolute atomic E-state index is 0.0571. The van der Waals surface area contributed by atoms with Gasteiger partial charge < -0.3 is 16.8 Å². The summed E-state index contributed by atoms with van der Waals surface area (Å²) in [6, 6.07) is -1.10. The summed E-state index contributed by atoms with van der Waals surface area (Å²) in [5, 5.41) is 2.50. The van der Waals surface area contributed by atoms with Crippen molar-refractivity contribution in [3.63, 3.8) is 0 Å². The van der Waals surface area contributed by atoms with Gasteiger partial charge >= 0.3 is 6.03 Å². The molecule has 0 saturated carbocycles. The van der Waals surface area contributed by atoms with Crippen LogP contribution < -0.4 is 16.8 Å². The van der Waals surface area contributed by atoms with Crippen LogP contribution in [0.5, 0.6) is 0 Å². The Balaban J connectivity index is 4.75. The fourth-order valence-electron chi connectivity index (χ4n) is 2.53. The predicted molar refractivity (Wildman–Crippen MR) is 91.8 cm³/mol. The Bertz CT molecular complexity index is 414. The van der Waals surface area contributed by atoms with Crippen molar-refractivity contribution in [3.05, 3.63) is 0 Å². The second-order valence-corrected chi connectivity index (χ2v) is 7.65. The molecule has 0 spiro atoms. The van der Waals surface area contributed by atoms with Crippen molar-refractivity contribution in [2.24, 2.45) is 28.7 Å². The van der Waals surface area contributed by atoms with E-state index in [9.17, 15) is 14.4 Å². The van der Waals surface area contributed by atoms with Crippen molar-refractivity contribution < 1.29 is 14.4 Å². The summed E-state index contributed by atoms with van der Waals surface area (Å²) >= 11 is 0. The normalized spacial score (nSPS) is 14.4. The third kappa shape index (κ3) is 9.33. The number of ketones is 2. The lowest BCUT2D eigenvalue weighted by Crippen LogP contribution is -2.37. The smallest absolute Gasteiger partial charge is 0.312 e. The zero-order valence-corrected chi connectivity index (χ0v) is 15.1. The van der Waals surface area contributed by atoms with Gasteiger partial charge in [-0.05, 0) is 25.2 Å². The lowest BCUT2D eigenvalue weighted by Gasteiger charge is -2.25. The van der Waals surface area contributed by atoms with Crippen molar-refractivity contribution in [3.8, 4) is 0 Å². The van der Waals surface area contributed by atoms with Crippen molar-refractivity contribution >= 4 is 17.6 Å². The maximum atomic E-state index is 12.6. The Hall–Kier alpha value is -1.43. The Morgan fingerprint density at radius 2 is 1.70 bits per heavy atom. The first-order chi connectivity index (χ1) is 10.4. The monoisotopic (exact) mass is 327 g/mol. The number of primary amides is 1. The van der Waals surface area contributed by atoms with Crippen LogP contribution in [-0.4, -0.2) is 30.2 Å². The average Bonchev–Trinajstić information content (AvgIpc) is 2.38. The lowest BCUT2D eigenvalue weighted by atomic mass is 9.78. The zero-order valence-electron chi connectivity index (χ0n) is 15.1. The molecule has 0 aliphatic carbocycles. The number of hydrogen-bond donors (Lipinski definition) is 3. The molecular formula is C17H33N3O3. The molecule has 0 bridgehead atoms. The molecule has 0 rings (SSSR count). The van der Waals surface area contributed by atoms with Gasteiger partial charge in [-0.25, -0.2) is 4.79 Å². The molecule has 0 saturated heterocycles. The molecule has 0 radical (unpaired) electrons. The van der Waals surface area contributed by atoms with Gasteiger partial charge in [-0.3, -0.25) is 9.59 Å². The molecule has 0 fully saturated rings. The van der Waals surface area contributed by atoms with Crippen LogP contribution in [0.2, 0.25) is 0 Å². The van der Waals surface area contributed by atoms with Gasteiger partial charge in [-0.15, -0.1) is 0 Å². The molecule has 2 atom stereocenters. The Morgan fingerprint density at radius 3 is 2.13 bits per heavy atom. The summed E-state index contributed by atoms with van der Waals surface area (Å²) < 4.78 is 0. The fourth-order valence-corrected chi connectivity index (χ4v) is 2.53. The second-order valence-electron chi connectivity index (χ2n) is 7.65. The predicted octanol–water partition coefficient (Wildman–Crippen LogP) is 2.00. The molecule has 0 aliphatic rings. The fraction of sp³-hybridized carbons (Fsp3) is 0.824. The van der Waals surface area contributed by atoms with E-state index < -0.39 is 17.5 Å². The van der Waals surface area contributed by atoms with Gasteiger partial charge in [-0.2, -0.15) is 0 Å². The van der Waals surface area contributed by atoms with Crippen LogP contribution in [0.4, 0.5) is 4.79 Å². The van der Waals surface area contributed by atoms with Gasteiger partial charge in [0.15, 0.2) is 0 Å². The second kappa shape index (κ2) is 9.65. The standard InChI is InChI=1S/C17H33N3O3/c1-11(2)9-13(18)14(21)10-12(15(22)17(3,4)5)7-6-8-20-16(19)23/h11-13H,6-10,18H2,1-5H3,(H3,19,20,23). The molecule has 134 valence electrons. The van der Waals surface area contributed by atoms with E-state index in [0.29, 0.717) is 31.7 Å². The molecule has 0 aliphatic heterocycles. The van der Waals surface area contributed by atoms with Gasteiger partial charge in [-0.1, -0.05) is 34.6 Å². The van der Waals surface area contributed by atoms with Crippen molar-refractivity contribution in [2.75, 3.05) is 6.54 Å². The Morgan fingerprint density at radius 1 is 1.13 bits per heavy atom. The molecule has 23 heavy (non-hydrogen) atoms. The number of amides is 2. The molecule has 0 aromatic heterocycles. The molecule has 0 heterocycles. The summed E-state index contributed by atoms with van der Waals surface area (Å²) in [7, 11) is 0. The van der Waals surface area contributed by atoms with Gasteiger partial charge in [0, 0.05) is 24.3 Å². The van der Waals surface area contributed by atoms with Gasteiger partial charge in [0.2, 0.25) is 0 Å². The Kier molecular flexibility index (Phi) is 9.05. The molecule has 2 amide bonds. The SMILES string of the molecule is CC(C)CC(N)C(=O)CC(CCCNC(N)=O)C(=O)C(C)(C)C. The summed E-state index contributed by atoms with van der Waals surface area (Å²) in [5.74, 6) is -0.0355. The lowest BCUT2D eigenvalue weighted by molar-refractivity contribution is -0.134. The molecule has 6 nitrogen and oxygen atoms in total. The number of carbonyl (C=O) groups excluding carboxylic acids is 3. The third-order valence-electron chi connectivity index (χ3n) is 3.73. The number of urea groups is 1. The quantitative estimate of drug-likeness (QED) is 0.532. The maximum absolute atomic E-state index is 12.6. The van der Waals surface area contributed by atoms with Crippen molar-refractivity contribution in [1.82, 2.24) is 5.32 Å². The highest BCUT2D eigenvalue weighted by Gasteiger charge is 2.31. The van der Waals surface area contributed by atoms with Crippen LogP contribution in [0.25, 0.3) is 0 Å². The van der Waals surface area contributed by atoms with Crippen LogP contribution in [0.1, 0.15) is 60.3 Å². The molecule has 0 aromatic rings. The molecule has 6 heteroatoms. The van der Waals surface area contributed by atoms with E-state index in [1.54, 1.807) is 0 Å². The topological polar surface area (TPSA) is 115 Å². The first kappa shape index (κ1) is 21.6. The molecule has 0 aromatic carbocycles. The van der Waals surface area contributed by atoms with Crippen LogP contribution in [-0.2, 0) is 9.59 Å². The first-order valence-corrected chi connectivity index (χ1v) is 8.31. The first-order valence-electron chi connectivity index (χ1n) is 8.31. The summed E-state index contributed by atoms with van der Waals surface area (Å²) in [4.78, 5) is 35.5. The number of carbonyl (C=O) groups is 3. The molecule has 5 N–H and O–H groups in total. The summed E-state index contributed by atoms with van der Waals surface area (Å²) in [6.07, 6.45) is 1.93. The van der Waals surface area contributed by atoms with Crippen LogP contribution in [0.15, 0.2) is 0 Å². The number of rotatable bonds is 10.